The highest BCUT2D eigenvalue weighted by Gasteiger charge is 2.48. The summed E-state index contributed by atoms with van der Waals surface area (Å²) in [4.78, 5) is 13.2. The van der Waals surface area contributed by atoms with E-state index < -0.39 is 10.0 Å². The van der Waals surface area contributed by atoms with Gasteiger partial charge in [-0.25, -0.2) is 28.1 Å². The lowest BCUT2D eigenvalue weighted by Crippen LogP contribution is -2.49. The summed E-state index contributed by atoms with van der Waals surface area (Å²) in [6.45, 7) is 0.870. The molecule has 0 spiro atoms. The summed E-state index contributed by atoms with van der Waals surface area (Å²) in [5.74, 6) is 0.447. The molecule has 1 unspecified atom stereocenters. The largest absolute Gasteiger partial charge is 0.339 e. The highest BCUT2D eigenvalue weighted by atomic mass is 35.5. The number of nitrogens with zero attached hydrogens (tertiary/aromatic N) is 4. The van der Waals surface area contributed by atoms with Crippen LogP contribution in [0, 0.1) is 0 Å². The smallest absolute Gasteiger partial charge is 0.259 e. The summed E-state index contributed by atoms with van der Waals surface area (Å²) < 4.78 is 29.2. The van der Waals surface area contributed by atoms with Crippen LogP contribution in [0.25, 0.3) is 0 Å². The molecule has 176 valence electrons. The van der Waals surface area contributed by atoms with E-state index in [-0.39, 0.29) is 35.4 Å². The number of fused-ring (bicyclic) bond motifs is 1. The highest BCUT2D eigenvalue weighted by molar-refractivity contribution is 7.89. The average molecular weight is 509 g/mol. The lowest BCUT2D eigenvalue weighted by molar-refractivity contribution is 0.161. The van der Waals surface area contributed by atoms with Gasteiger partial charge < -0.3 is 9.88 Å². The first-order valence-electron chi connectivity index (χ1n) is 10.7. The maximum atomic E-state index is 12.5. The summed E-state index contributed by atoms with van der Waals surface area (Å²) in [6, 6.07) is 8.16. The van der Waals surface area contributed by atoms with Crippen molar-refractivity contribution in [1.29, 1.82) is 0 Å². The summed E-state index contributed by atoms with van der Waals surface area (Å²) in [5, 5.41) is 4.39. The first-order chi connectivity index (χ1) is 15.4. The number of hydrogen-bond donors (Lipinski definition) is 2. The molecule has 1 atom stereocenters. The van der Waals surface area contributed by atoms with Crippen molar-refractivity contribution in [2.24, 2.45) is 7.05 Å². The Morgan fingerprint density at radius 2 is 2.00 bits per heavy atom. The van der Waals surface area contributed by atoms with E-state index in [4.69, 9.17) is 16.6 Å². The maximum absolute atomic E-state index is 12.5. The van der Waals surface area contributed by atoms with Gasteiger partial charge >= 0.3 is 0 Å². The fraction of sp³-hybridized carbons (Fsp3) is 0.409. The number of halogens is 2. The third-order valence-corrected chi connectivity index (χ3v) is 8.10. The quantitative estimate of drug-likeness (QED) is 0.530. The van der Waals surface area contributed by atoms with Crippen molar-refractivity contribution in [2.45, 2.75) is 48.7 Å². The van der Waals surface area contributed by atoms with E-state index in [1.165, 1.54) is 18.1 Å². The Balaban J connectivity index is 0.00000259. The van der Waals surface area contributed by atoms with Gasteiger partial charge in [0, 0.05) is 29.9 Å². The van der Waals surface area contributed by atoms with Crippen molar-refractivity contribution in [3.05, 3.63) is 70.7 Å². The van der Waals surface area contributed by atoms with Crippen molar-refractivity contribution in [2.75, 3.05) is 6.54 Å². The van der Waals surface area contributed by atoms with Gasteiger partial charge in [0.15, 0.2) is 5.03 Å². The second kappa shape index (κ2) is 9.31. The molecule has 1 aromatic carbocycles. The minimum atomic E-state index is -3.73. The number of aryl methyl sites for hydroxylation is 1. The standard InChI is InChI=1S/C22H25ClN6O2S.ClH/c1-29-13-19(26-14-29)32(30,31)27-12-18-25-11-15-7-10-24-21(20(15)28-18)22(8-2-9-22)16-3-5-17(23)6-4-16;/h3-6,11,13-14,21,24,27H,2,7-10,12H2,1H3;1H. The van der Waals surface area contributed by atoms with Gasteiger partial charge in [-0.05, 0) is 49.1 Å². The van der Waals surface area contributed by atoms with Gasteiger partial charge in [-0.15, -0.1) is 12.4 Å². The van der Waals surface area contributed by atoms with Crippen LogP contribution in [0.2, 0.25) is 5.02 Å². The van der Waals surface area contributed by atoms with Crippen LogP contribution in [0.5, 0.6) is 0 Å². The van der Waals surface area contributed by atoms with Crippen molar-refractivity contribution < 1.29 is 8.42 Å². The number of nitrogens with one attached hydrogen (secondary N) is 2. The molecule has 33 heavy (non-hydrogen) atoms. The third kappa shape index (κ3) is 4.52. The van der Waals surface area contributed by atoms with Crippen molar-refractivity contribution >= 4 is 34.0 Å². The van der Waals surface area contributed by atoms with Gasteiger partial charge in [-0.2, -0.15) is 0 Å². The topological polar surface area (TPSA) is 102 Å². The van der Waals surface area contributed by atoms with Crippen LogP contribution in [0.3, 0.4) is 0 Å². The number of sulfonamides is 1. The molecule has 1 aliphatic carbocycles. The summed E-state index contributed by atoms with van der Waals surface area (Å²) in [6.07, 6.45) is 8.90. The Bertz CT molecular complexity index is 1240. The zero-order chi connectivity index (χ0) is 22.3. The molecule has 1 saturated carbocycles. The van der Waals surface area contributed by atoms with Gasteiger partial charge in [0.1, 0.15) is 5.82 Å². The third-order valence-electron chi connectivity index (χ3n) is 6.56. The number of imidazole rings is 1. The molecule has 2 aromatic heterocycles. The van der Waals surface area contributed by atoms with E-state index in [0.717, 1.165) is 48.5 Å². The molecule has 0 amide bonds. The van der Waals surface area contributed by atoms with Crippen LogP contribution in [0.15, 0.2) is 48.0 Å². The minimum Gasteiger partial charge on any atom is -0.339 e. The molecule has 5 rings (SSSR count). The lowest BCUT2D eigenvalue weighted by Gasteiger charge is -2.50. The van der Waals surface area contributed by atoms with Crippen LogP contribution in [-0.2, 0) is 35.5 Å². The number of hydrogen-bond acceptors (Lipinski definition) is 6. The molecule has 0 radical (unpaired) electrons. The second-order valence-corrected chi connectivity index (χ2v) is 10.7. The molecule has 3 heterocycles. The predicted octanol–water partition coefficient (Wildman–Crippen LogP) is 3.07. The van der Waals surface area contributed by atoms with Gasteiger partial charge in [-0.1, -0.05) is 30.2 Å². The molecular formula is C22H26Cl2N6O2S. The molecule has 3 aromatic rings. The van der Waals surface area contributed by atoms with E-state index in [1.54, 1.807) is 11.6 Å². The van der Waals surface area contributed by atoms with E-state index in [1.807, 2.05) is 18.3 Å². The van der Waals surface area contributed by atoms with E-state index in [9.17, 15) is 8.42 Å². The zero-order valence-corrected chi connectivity index (χ0v) is 20.6. The molecule has 0 saturated heterocycles. The fourth-order valence-corrected chi connectivity index (χ4v) is 5.82. The molecular weight excluding hydrogens is 483 g/mol. The second-order valence-electron chi connectivity index (χ2n) is 8.55. The molecule has 0 bridgehead atoms. The Morgan fingerprint density at radius 1 is 1.24 bits per heavy atom. The van der Waals surface area contributed by atoms with Crippen molar-refractivity contribution in [3.8, 4) is 0 Å². The lowest BCUT2D eigenvalue weighted by atomic mass is 9.58. The Hall–Kier alpha value is -2.04. The number of rotatable bonds is 6. The van der Waals surface area contributed by atoms with Crippen molar-refractivity contribution in [1.82, 2.24) is 29.6 Å². The van der Waals surface area contributed by atoms with Crippen LogP contribution in [0.4, 0.5) is 0 Å². The summed E-state index contributed by atoms with van der Waals surface area (Å²) in [7, 11) is -2.01. The first kappa shape index (κ1) is 24.1. The summed E-state index contributed by atoms with van der Waals surface area (Å²) in [5.41, 5.74) is 3.30. The number of benzene rings is 1. The normalized spacial score (nSPS) is 19.3. The van der Waals surface area contributed by atoms with Gasteiger partial charge in [-0.3, -0.25) is 0 Å². The molecule has 2 aliphatic rings. The highest BCUT2D eigenvalue weighted by Crippen LogP contribution is 2.53. The summed E-state index contributed by atoms with van der Waals surface area (Å²) >= 11 is 6.13. The van der Waals surface area contributed by atoms with Gasteiger partial charge in [0.05, 0.1) is 24.6 Å². The SMILES string of the molecule is Cl.Cn1cnc(S(=O)(=O)NCc2ncc3c(n2)C(C2(c4ccc(Cl)cc4)CCC2)NCC3)c1. The zero-order valence-electron chi connectivity index (χ0n) is 18.2. The van der Waals surface area contributed by atoms with Crippen LogP contribution >= 0.6 is 24.0 Å². The van der Waals surface area contributed by atoms with Crippen molar-refractivity contribution in [3.63, 3.8) is 0 Å². The molecule has 8 nitrogen and oxygen atoms in total. The van der Waals surface area contributed by atoms with Crippen LogP contribution < -0.4 is 10.0 Å². The minimum absolute atomic E-state index is 0. The molecule has 1 aliphatic heterocycles. The monoisotopic (exact) mass is 508 g/mol. The van der Waals surface area contributed by atoms with Gasteiger partial charge in [0.25, 0.3) is 10.0 Å². The number of aromatic nitrogens is 4. The fourth-order valence-electron chi connectivity index (χ4n) is 4.74. The molecule has 11 heteroatoms. The Labute approximate surface area is 204 Å². The van der Waals surface area contributed by atoms with E-state index in [0.29, 0.717) is 5.82 Å². The predicted molar refractivity (Wildman–Crippen MR) is 128 cm³/mol. The molecule has 1 fully saturated rings. The van der Waals surface area contributed by atoms with E-state index in [2.05, 4.69) is 32.1 Å². The Kier molecular flexibility index (Phi) is 6.80. The van der Waals surface area contributed by atoms with Crippen LogP contribution in [0.1, 0.15) is 47.9 Å². The maximum Gasteiger partial charge on any atom is 0.259 e. The Morgan fingerprint density at radius 3 is 2.64 bits per heavy atom. The van der Waals surface area contributed by atoms with E-state index >= 15 is 0 Å². The van der Waals surface area contributed by atoms with Crippen LogP contribution in [-0.4, -0.2) is 34.5 Å². The van der Waals surface area contributed by atoms with Gasteiger partial charge in [0.2, 0.25) is 0 Å². The molecule has 2 N–H and O–H groups in total. The average Bonchev–Trinajstić information content (AvgIpc) is 3.20. The first-order valence-corrected chi connectivity index (χ1v) is 12.6.